The second kappa shape index (κ2) is 8.38. The van der Waals surface area contributed by atoms with Crippen LogP contribution in [0.5, 0.6) is 0 Å². The lowest BCUT2D eigenvalue weighted by molar-refractivity contribution is 0.557. The normalized spacial score (nSPS) is 13.4. The van der Waals surface area contributed by atoms with Crippen LogP contribution in [0.1, 0.15) is 18.9 Å². The van der Waals surface area contributed by atoms with Gasteiger partial charge in [-0.15, -0.1) is 0 Å². The molecule has 2 N–H and O–H groups in total. The molecule has 1 rings (SSSR count). The number of halogens is 1. The Labute approximate surface area is 134 Å². The summed E-state index contributed by atoms with van der Waals surface area (Å²) in [4.78, 5) is 0.296. The van der Waals surface area contributed by atoms with Crippen molar-refractivity contribution in [3.8, 4) is 0 Å². The van der Waals surface area contributed by atoms with Crippen molar-refractivity contribution in [1.82, 2.24) is 10.0 Å². The number of hydrogen-bond donors (Lipinski definition) is 2. The van der Waals surface area contributed by atoms with E-state index in [9.17, 15) is 8.42 Å². The number of rotatable bonds is 8. The van der Waals surface area contributed by atoms with Gasteiger partial charge < -0.3 is 5.32 Å². The molecule has 1 unspecified atom stereocenters. The second-order valence-corrected chi connectivity index (χ2v) is 7.92. The van der Waals surface area contributed by atoms with Gasteiger partial charge in [-0.1, -0.05) is 13.0 Å². The van der Waals surface area contributed by atoms with E-state index < -0.39 is 10.0 Å². The Balaban J connectivity index is 3.04. The third-order valence-electron chi connectivity index (χ3n) is 2.85. The maximum atomic E-state index is 12.5. The molecule has 1 atom stereocenters. The highest BCUT2D eigenvalue weighted by Gasteiger charge is 2.21. The van der Waals surface area contributed by atoms with Gasteiger partial charge in [0.15, 0.2) is 0 Å². The first kappa shape index (κ1) is 18.0. The van der Waals surface area contributed by atoms with Gasteiger partial charge in [0.05, 0.1) is 4.90 Å². The van der Waals surface area contributed by atoms with Crippen LogP contribution in [0.15, 0.2) is 27.6 Å². The molecular weight excluding hydrogens is 360 g/mol. The summed E-state index contributed by atoms with van der Waals surface area (Å²) in [5, 5.41) is 3.02. The largest absolute Gasteiger partial charge is 0.316 e. The summed E-state index contributed by atoms with van der Waals surface area (Å²) < 4.78 is 28.3. The number of nitrogens with one attached hydrogen (secondary N) is 2. The molecule has 0 spiro atoms. The molecule has 0 aliphatic heterocycles. The topological polar surface area (TPSA) is 58.2 Å². The molecule has 0 aliphatic rings. The van der Waals surface area contributed by atoms with Crippen molar-refractivity contribution < 1.29 is 8.42 Å². The zero-order chi connectivity index (χ0) is 15.2. The Hall–Kier alpha value is -0.0800. The van der Waals surface area contributed by atoms with Crippen LogP contribution in [-0.2, 0) is 16.6 Å². The molecule has 0 heterocycles. The average molecular weight is 381 g/mol. The van der Waals surface area contributed by atoms with Crippen LogP contribution in [0, 0.1) is 0 Å². The predicted octanol–water partition coefficient (Wildman–Crippen LogP) is 2.59. The van der Waals surface area contributed by atoms with Crippen LogP contribution < -0.4 is 10.0 Å². The minimum atomic E-state index is -3.50. The van der Waals surface area contributed by atoms with Crippen LogP contribution in [0.2, 0.25) is 0 Å². The Kier molecular flexibility index (Phi) is 7.53. The second-order valence-electron chi connectivity index (χ2n) is 4.48. The summed E-state index contributed by atoms with van der Waals surface area (Å²) in [5.74, 6) is 0.767. The van der Waals surface area contributed by atoms with E-state index in [1.165, 1.54) is 0 Å². The molecule has 0 aromatic heterocycles. The molecule has 1 aromatic rings. The average Bonchev–Trinajstić information content (AvgIpc) is 2.40. The third kappa shape index (κ3) is 5.04. The van der Waals surface area contributed by atoms with Gasteiger partial charge in [0.25, 0.3) is 0 Å². The minimum Gasteiger partial charge on any atom is -0.316 e. The molecule has 4 nitrogen and oxygen atoms in total. The molecule has 0 radical (unpaired) electrons. The van der Waals surface area contributed by atoms with Gasteiger partial charge in [-0.3, -0.25) is 0 Å². The predicted molar refractivity (Wildman–Crippen MR) is 89.7 cm³/mol. The van der Waals surface area contributed by atoms with Gasteiger partial charge >= 0.3 is 0 Å². The third-order valence-corrected chi connectivity index (χ3v) is 6.10. The molecule has 20 heavy (non-hydrogen) atoms. The number of benzene rings is 1. The van der Waals surface area contributed by atoms with Gasteiger partial charge in [-0.05, 0) is 53.4 Å². The standard InChI is InChI=1S/C13H21BrN2O2S2/c1-4-11(9-19-3)16-20(17,18)13-7-10(8-15-2)5-6-12(13)14/h5-7,11,15-16H,4,8-9H2,1-3H3. The van der Waals surface area contributed by atoms with Crippen LogP contribution in [0.4, 0.5) is 0 Å². The molecule has 0 saturated heterocycles. The molecule has 0 bridgehead atoms. The van der Waals surface area contributed by atoms with Gasteiger partial charge in [-0.2, -0.15) is 11.8 Å². The summed E-state index contributed by atoms with van der Waals surface area (Å²) in [6, 6.07) is 5.33. The van der Waals surface area contributed by atoms with Gasteiger partial charge in [0.1, 0.15) is 0 Å². The fourth-order valence-electron chi connectivity index (χ4n) is 1.79. The maximum absolute atomic E-state index is 12.5. The van der Waals surface area contributed by atoms with E-state index in [4.69, 9.17) is 0 Å². The summed E-state index contributed by atoms with van der Waals surface area (Å²) in [5.41, 5.74) is 0.939. The minimum absolute atomic E-state index is 0.0464. The molecule has 0 aliphatic carbocycles. The Morgan fingerprint density at radius 1 is 1.40 bits per heavy atom. The molecule has 114 valence electrons. The lowest BCUT2D eigenvalue weighted by Crippen LogP contribution is -2.36. The van der Waals surface area contributed by atoms with Crippen molar-refractivity contribution in [3.05, 3.63) is 28.2 Å². The van der Waals surface area contributed by atoms with Crippen molar-refractivity contribution >= 4 is 37.7 Å². The first-order valence-corrected chi connectivity index (χ1v) is 10.1. The Bertz CT molecular complexity index is 535. The van der Waals surface area contributed by atoms with E-state index in [0.29, 0.717) is 15.9 Å². The number of hydrogen-bond acceptors (Lipinski definition) is 4. The van der Waals surface area contributed by atoms with Crippen LogP contribution in [-0.4, -0.2) is 33.5 Å². The Morgan fingerprint density at radius 3 is 2.65 bits per heavy atom. The molecule has 0 saturated carbocycles. The highest BCUT2D eigenvalue weighted by Crippen LogP contribution is 2.24. The zero-order valence-corrected chi connectivity index (χ0v) is 15.2. The van der Waals surface area contributed by atoms with Gasteiger partial charge in [-0.25, -0.2) is 13.1 Å². The highest BCUT2D eigenvalue weighted by atomic mass is 79.9. The van der Waals surface area contributed by atoms with Crippen molar-refractivity contribution in [2.45, 2.75) is 30.8 Å². The summed E-state index contributed by atoms with van der Waals surface area (Å²) >= 11 is 4.96. The van der Waals surface area contributed by atoms with E-state index in [2.05, 4.69) is 26.0 Å². The van der Waals surface area contributed by atoms with E-state index in [1.54, 1.807) is 23.9 Å². The number of sulfonamides is 1. The smallest absolute Gasteiger partial charge is 0.241 e. The van der Waals surface area contributed by atoms with E-state index in [0.717, 1.165) is 17.7 Å². The summed E-state index contributed by atoms with van der Waals surface area (Å²) in [6.45, 7) is 2.62. The van der Waals surface area contributed by atoms with Crippen molar-refractivity contribution in [3.63, 3.8) is 0 Å². The van der Waals surface area contributed by atoms with Crippen molar-refractivity contribution in [1.29, 1.82) is 0 Å². The number of thioether (sulfide) groups is 1. The van der Waals surface area contributed by atoms with Crippen LogP contribution in [0.3, 0.4) is 0 Å². The molecule has 0 amide bonds. The van der Waals surface area contributed by atoms with Gasteiger partial charge in [0.2, 0.25) is 10.0 Å². The SMILES string of the molecule is CCC(CSC)NS(=O)(=O)c1cc(CNC)ccc1Br. The Morgan fingerprint density at radius 2 is 2.10 bits per heavy atom. The molecule has 1 aromatic carbocycles. The zero-order valence-electron chi connectivity index (χ0n) is 11.9. The summed E-state index contributed by atoms with van der Waals surface area (Å²) in [6.07, 6.45) is 2.74. The molecule has 7 heteroatoms. The summed E-state index contributed by atoms with van der Waals surface area (Å²) in [7, 11) is -1.67. The van der Waals surface area contributed by atoms with E-state index in [1.807, 2.05) is 26.3 Å². The monoisotopic (exact) mass is 380 g/mol. The van der Waals surface area contributed by atoms with Crippen LogP contribution in [0.25, 0.3) is 0 Å². The maximum Gasteiger partial charge on any atom is 0.241 e. The van der Waals surface area contributed by atoms with Crippen molar-refractivity contribution in [2.24, 2.45) is 0 Å². The van der Waals surface area contributed by atoms with E-state index in [-0.39, 0.29) is 6.04 Å². The molecular formula is C13H21BrN2O2S2. The quantitative estimate of drug-likeness (QED) is 0.727. The molecule has 0 fully saturated rings. The van der Waals surface area contributed by atoms with Gasteiger partial charge in [0, 0.05) is 22.8 Å². The van der Waals surface area contributed by atoms with Crippen molar-refractivity contribution in [2.75, 3.05) is 19.1 Å². The van der Waals surface area contributed by atoms with E-state index >= 15 is 0 Å². The lowest BCUT2D eigenvalue weighted by Gasteiger charge is -2.17. The van der Waals surface area contributed by atoms with Crippen LogP contribution >= 0.6 is 27.7 Å². The highest BCUT2D eigenvalue weighted by molar-refractivity contribution is 9.10. The first-order valence-electron chi connectivity index (χ1n) is 6.38. The lowest BCUT2D eigenvalue weighted by atomic mass is 10.2. The fraction of sp³-hybridized carbons (Fsp3) is 0.538. The first-order chi connectivity index (χ1) is 9.44. The fourth-order valence-corrected chi connectivity index (χ4v) is 4.95.